The van der Waals surface area contributed by atoms with E-state index in [0.29, 0.717) is 43.5 Å². The number of alkyl halides is 3. The van der Waals surface area contributed by atoms with Crippen molar-refractivity contribution in [3.05, 3.63) is 23.7 Å². The quantitative estimate of drug-likeness (QED) is 0.208. The highest BCUT2D eigenvalue weighted by Crippen LogP contribution is 2.23. The molecule has 1 aromatic rings. The second kappa shape index (κ2) is 11.7. The number of halogens is 4. The van der Waals surface area contributed by atoms with Gasteiger partial charge in [0.2, 0.25) is 0 Å². The molecule has 0 fully saturated rings. The zero-order valence-electron chi connectivity index (χ0n) is 16.2. The SMILES string of the molecule is CCNC(=NCC(C)(O)c1ccc(C)o1)NCCCN(C)CC(F)(F)F.I. The van der Waals surface area contributed by atoms with Crippen LogP contribution < -0.4 is 10.6 Å². The molecular weight excluding hydrogens is 476 g/mol. The fourth-order valence-corrected chi connectivity index (χ4v) is 2.32. The van der Waals surface area contributed by atoms with Crippen LogP contribution in [0.4, 0.5) is 13.2 Å². The molecule has 1 rings (SSSR count). The van der Waals surface area contributed by atoms with E-state index in [2.05, 4.69) is 15.6 Å². The van der Waals surface area contributed by atoms with Crippen molar-refractivity contribution in [2.45, 2.75) is 39.0 Å². The minimum Gasteiger partial charge on any atom is -0.463 e. The molecule has 27 heavy (non-hydrogen) atoms. The summed E-state index contributed by atoms with van der Waals surface area (Å²) < 4.78 is 42.3. The average molecular weight is 506 g/mol. The molecule has 0 radical (unpaired) electrons. The lowest BCUT2D eigenvalue weighted by atomic mass is 10.0. The summed E-state index contributed by atoms with van der Waals surface area (Å²) in [6.07, 6.45) is -3.65. The van der Waals surface area contributed by atoms with Gasteiger partial charge in [0.15, 0.2) is 5.96 Å². The zero-order chi connectivity index (χ0) is 19.8. The van der Waals surface area contributed by atoms with Crippen molar-refractivity contribution in [2.24, 2.45) is 4.99 Å². The van der Waals surface area contributed by atoms with Crippen LogP contribution in [0.2, 0.25) is 0 Å². The predicted molar refractivity (Wildman–Crippen MR) is 111 cm³/mol. The third-order valence-electron chi connectivity index (χ3n) is 3.62. The molecule has 0 spiro atoms. The Balaban J connectivity index is 0.00000676. The standard InChI is InChI=1S/C17H29F3N4O2.HI/c1-5-21-15(22-9-6-10-24(4)12-17(18,19)20)23-11-16(3,25)14-8-7-13(2)26-14;/h7-8,25H,5-6,9-12H2,1-4H3,(H2,21,22,23);1H. The molecule has 0 aliphatic carbocycles. The Labute approximate surface area is 175 Å². The van der Waals surface area contributed by atoms with E-state index < -0.39 is 18.3 Å². The largest absolute Gasteiger partial charge is 0.463 e. The van der Waals surface area contributed by atoms with Crippen molar-refractivity contribution in [2.75, 3.05) is 39.8 Å². The van der Waals surface area contributed by atoms with Gasteiger partial charge in [-0.25, -0.2) is 4.99 Å². The molecular formula is C17H30F3IN4O2. The Hall–Kier alpha value is -1.01. The summed E-state index contributed by atoms with van der Waals surface area (Å²) in [6, 6.07) is 3.48. The Morgan fingerprint density at radius 2 is 1.96 bits per heavy atom. The number of hydrogen-bond acceptors (Lipinski definition) is 4. The van der Waals surface area contributed by atoms with Gasteiger partial charge in [-0.2, -0.15) is 13.2 Å². The maximum absolute atomic E-state index is 12.3. The fourth-order valence-electron chi connectivity index (χ4n) is 2.32. The Bertz CT molecular complexity index is 577. The molecule has 1 aromatic heterocycles. The number of aryl methyl sites for hydroxylation is 1. The summed E-state index contributed by atoms with van der Waals surface area (Å²) >= 11 is 0. The van der Waals surface area contributed by atoms with Crippen molar-refractivity contribution in [1.82, 2.24) is 15.5 Å². The number of aliphatic hydroxyl groups is 1. The van der Waals surface area contributed by atoms with E-state index in [0.717, 1.165) is 0 Å². The van der Waals surface area contributed by atoms with Crippen LogP contribution in [-0.2, 0) is 5.60 Å². The number of nitrogens with one attached hydrogen (secondary N) is 2. The van der Waals surface area contributed by atoms with Gasteiger partial charge >= 0.3 is 6.18 Å². The first kappa shape index (κ1) is 26.0. The van der Waals surface area contributed by atoms with Gasteiger partial charge in [0, 0.05) is 13.1 Å². The van der Waals surface area contributed by atoms with E-state index in [1.165, 1.54) is 11.9 Å². The normalized spacial score (nSPS) is 14.6. The number of furan rings is 1. The lowest BCUT2D eigenvalue weighted by Crippen LogP contribution is -2.40. The van der Waals surface area contributed by atoms with E-state index >= 15 is 0 Å². The molecule has 0 aromatic carbocycles. The molecule has 158 valence electrons. The maximum Gasteiger partial charge on any atom is 0.401 e. The molecule has 1 unspecified atom stereocenters. The van der Waals surface area contributed by atoms with Gasteiger partial charge in [-0.05, 0) is 52.9 Å². The zero-order valence-corrected chi connectivity index (χ0v) is 18.5. The molecule has 1 atom stereocenters. The topological polar surface area (TPSA) is 73.0 Å². The van der Waals surface area contributed by atoms with Crippen LogP contribution in [-0.4, -0.2) is 61.9 Å². The fraction of sp³-hybridized carbons (Fsp3) is 0.706. The third-order valence-corrected chi connectivity index (χ3v) is 3.62. The van der Waals surface area contributed by atoms with Gasteiger partial charge in [-0.1, -0.05) is 0 Å². The highest BCUT2D eigenvalue weighted by molar-refractivity contribution is 14.0. The third kappa shape index (κ3) is 10.8. The minimum atomic E-state index is -4.19. The first-order valence-electron chi connectivity index (χ1n) is 8.60. The van der Waals surface area contributed by atoms with Crippen LogP contribution in [0.5, 0.6) is 0 Å². The summed E-state index contributed by atoms with van der Waals surface area (Å²) in [4.78, 5) is 5.57. The Morgan fingerprint density at radius 1 is 1.30 bits per heavy atom. The number of aliphatic imine (C=N–C) groups is 1. The van der Waals surface area contributed by atoms with E-state index in [4.69, 9.17) is 4.42 Å². The predicted octanol–water partition coefficient (Wildman–Crippen LogP) is 2.85. The molecule has 6 nitrogen and oxygen atoms in total. The van der Waals surface area contributed by atoms with Crippen LogP contribution in [0.1, 0.15) is 31.8 Å². The highest BCUT2D eigenvalue weighted by Gasteiger charge is 2.29. The molecule has 3 N–H and O–H groups in total. The molecule has 0 amide bonds. The minimum absolute atomic E-state index is 0. The van der Waals surface area contributed by atoms with Crippen molar-refractivity contribution in [3.63, 3.8) is 0 Å². The first-order valence-corrected chi connectivity index (χ1v) is 8.60. The molecule has 0 saturated heterocycles. The van der Waals surface area contributed by atoms with Crippen molar-refractivity contribution < 1.29 is 22.7 Å². The second-order valence-electron chi connectivity index (χ2n) is 6.51. The number of guanidine groups is 1. The van der Waals surface area contributed by atoms with E-state index in [9.17, 15) is 18.3 Å². The van der Waals surface area contributed by atoms with Crippen LogP contribution in [0.15, 0.2) is 21.5 Å². The van der Waals surface area contributed by atoms with Crippen molar-refractivity contribution in [3.8, 4) is 0 Å². The summed E-state index contributed by atoms with van der Waals surface area (Å²) in [5.41, 5.74) is -1.25. The van der Waals surface area contributed by atoms with Crippen LogP contribution in [0.3, 0.4) is 0 Å². The number of rotatable bonds is 9. The summed E-state index contributed by atoms with van der Waals surface area (Å²) in [6.45, 7) is 5.89. The van der Waals surface area contributed by atoms with Crippen molar-refractivity contribution in [1.29, 1.82) is 0 Å². The summed E-state index contributed by atoms with van der Waals surface area (Å²) in [5, 5.41) is 16.6. The van der Waals surface area contributed by atoms with Gasteiger partial charge in [-0.3, -0.25) is 4.90 Å². The van der Waals surface area contributed by atoms with Gasteiger partial charge in [0.1, 0.15) is 17.1 Å². The second-order valence-corrected chi connectivity index (χ2v) is 6.51. The van der Waals surface area contributed by atoms with Gasteiger partial charge in [-0.15, -0.1) is 24.0 Å². The first-order chi connectivity index (χ1) is 12.0. The van der Waals surface area contributed by atoms with Crippen LogP contribution >= 0.6 is 24.0 Å². The number of nitrogens with zero attached hydrogens (tertiary/aromatic N) is 2. The molecule has 0 aliphatic heterocycles. The molecule has 0 saturated carbocycles. The summed E-state index contributed by atoms with van der Waals surface area (Å²) in [7, 11) is 1.44. The highest BCUT2D eigenvalue weighted by atomic mass is 127. The average Bonchev–Trinajstić information content (AvgIpc) is 2.94. The lowest BCUT2D eigenvalue weighted by molar-refractivity contribution is -0.143. The Kier molecular flexibility index (Phi) is 11.3. The molecule has 0 aliphatic rings. The van der Waals surface area contributed by atoms with Crippen molar-refractivity contribution >= 4 is 29.9 Å². The van der Waals surface area contributed by atoms with E-state index in [1.54, 1.807) is 26.0 Å². The van der Waals surface area contributed by atoms with E-state index in [-0.39, 0.29) is 30.5 Å². The number of hydrogen-bond donors (Lipinski definition) is 3. The van der Waals surface area contributed by atoms with Gasteiger partial charge < -0.3 is 20.2 Å². The molecule has 10 heteroatoms. The summed E-state index contributed by atoms with van der Waals surface area (Å²) in [5.74, 6) is 1.63. The monoisotopic (exact) mass is 506 g/mol. The molecule has 0 bridgehead atoms. The van der Waals surface area contributed by atoms with Crippen LogP contribution in [0, 0.1) is 6.92 Å². The van der Waals surface area contributed by atoms with Crippen LogP contribution in [0.25, 0.3) is 0 Å². The Morgan fingerprint density at radius 3 is 2.48 bits per heavy atom. The van der Waals surface area contributed by atoms with Gasteiger partial charge in [0.05, 0.1) is 13.1 Å². The van der Waals surface area contributed by atoms with Gasteiger partial charge in [0.25, 0.3) is 0 Å². The smallest absolute Gasteiger partial charge is 0.401 e. The maximum atomic E-state index is 12.3. The lowest BCUT2D eigenvalue weighted by Gasteiger charge is -2.20. The van der Waals surface area contributed by atoms with E-state index in [1.807, 2.05) is 6.92 Å². The molecule has 1 heterocycles.